The van der Waals surface area contributed by atoms with Crippen LogP contribution in [-0.2, 0) is 16.1 Å². The van der Waals surface area contributed by atoms with Gasteiger partial charge in [0, 0.05) is 0 Å². The summed E-state index contributed by atoms with van der Waals surface area (Å²) in [4.78, 5) is 15.8. The van der Waals surface area contributed by atoms with Crippen LogP contribution in [-0.4, -0.2) is 28.8 Å². The molecule has 1 aliphatic rings. The molecular formula is C13H12N2O5. The van der Waals surface area contributed by atoms with Crippen molar-refractivity contribution in [3.05, 3.63) is 36.0 Å². The molecule has 0 aliphatic carbocycles. The van der Waals surface area contributed by atoms with Gasteiger partial charge in [0.05, 0.1) is 0 Å². The number of rotatable bonds is 3. The summed E-state index contributed by atoms with van der Waals surface area (Å²) in [5.41, 5.74) is 0. The Hall–Kier alpha value is -2.57. The van der Waals surface area contributed by atoms with Gasteiger partial charge in [-0.2, -0.15) is 4.98 Å². The van der Waals surface area contributed by atoms with E-state index in [-0.39, 0.29) is 19.1 Å². The maximum Gasteiger partial charge on any atom is 0.351 e. The summed E-state index contributed by atoms with van der Waals surface area (Å²) in [7, 11) is 0. The molecule has 7 heteroatoms. The second-order valence-electron chi connectivity index (χ2n) is 4.21. The molecule has 1 aromatic carbocycles. The van der Waals surface area contributed by atoms with Crippen molar-refractivity contribution in [3.8, 4) is 11.5 Å². The number of aryl methyl sites for hydroxylation is 1. The molecule has 0 N–H and O–H groups in total. The molecular weight excluding hydrogens is 264 g/mol. The number of ether oxygens (including phenoxy) is 3. The first kappa shape index (κ1) is 12.5. The van der Waals surface area contributed by atoms with E-state index in [1.807, 2.05) is 6.07 Å². The van der Waals surface area contributed by atoms with Crippen LogP contribution in [0.1, 0.15) is 11.7 Å². The molecule has 1 aromatic heterocycles. The maximum atomic E-state index is 11.9. The SMILES string of the molecule is Cc1noc(COC(=O)C2COc3ccccc3O2)n1. The Morgan fingerprint density at radius 2 is 2.20 bits per heavy atom. The maximum absolute atomic E-state index is 11.9. The van der Waals surface area contributed by atoms with Gasteiger partial charge in [-0.25, -0.2) is 4.79 Å². The van der Waals surface area contributed by atoms with Crippen LogP contribution in [0, 0.1) is 6.92 Å². The molecule has 1 atom stereocenters. The lowest BCUT2D eigenvalue weighted by Crippen LogP contribution is -2.37. The van der Waals surface area contributed by atoms with Crippen molar-refractivity contribution >= 4 is 5.97 Å². The summed E-state index contributed by atoms with van der Waals surface area (Å²) in [6.45, 7) is 1.71. The molecule has 0 spiro atoms. The van der Waals surface area contributed by atoms with Crippen LogP contribution in [0.5, 0.6) is 11.5 Å². The smallest absolute Gasteiger partial charge is 0.351 e. The van der Waals surface area contributed by atoms with Crippen LogP contribution in [0.2, 0.25) is 0 Å². The zero-order valence-electron chi connectivity index (χ0n) is 10.7. The van der Waals surface area contributed by atoms with Gasteiger partial charge in [-0.3, -0.25) is 0 Å². The molecule has 20 heavy (non-hydrogen) atoms. The standard InChI is InChI=1S/C13H12N2O5/c1-8-14-12(20-15-8)7-18-13(16)11-6-17-9-4-2-3-5-10(9)19-11/h2-5,11H,6-7H2,1H3. The molecule has 0 fully saturated rings. The molecule has 0 radical (unpaired) electrons. The van der Waals surface area contributed by atoms with Crippen LogP contribution in [0.15, 0.2) is 28.8 Å². The lowest BCUT2D eigenvalue weighted by molar-refractivity contribution is -0.156. The Balaban J connectivity index is 1.59. The fourth-order valence-electron chi connectivity index (χ4n) is 1.76. The number of nitrogens with zero attached hydrogens (tertiary/aromatic N) is 2. The van der Waals surface area contributed by atoms with Gasteiger partial charge in [0.1, 0.15) is 6.61 Å². The van der Waals surface area contributed by atoms with Crippen LogP contribution >= 0.6 is 0 Å². The fourth-order valence-corrected chi connectivity index (χ4v) is 1.76. The number of hydrogen-bond acceptors (Lipinski definition) is 7. The predicted molar refractivity (Wildman–Crippen MR) is 65.2 cm³/mol. The predicted octanol–water partition coefficient (Wildman–Crippen LogP) is 1.26. The Kier molecular flexibility index (Phi) is 3.24. The van der Waals surface area contributed by atoms with E-state index in [4.69, 9.17) is 18.7 Å². The molecule has 0 bridgehead atoms. The first-order valence-electron chi connectivity index (χ1n) is 6.06. The average molecular weight is 276 g/mol. The van der Waals surface area contributed by atoms with Gasteiger partial charge in [-0.15, -0.1) is 0 Å². The molecule has 3 rings (SSSR count). The Labute approximate surface area is 114 Å². The Bertz CT molecular complexity index is 625. The molecule has 2 heterocycles. The van der Waals surface area contributed by atoms with Gasteiger partial charge < -0.3 is 18.7 Å². The molecule has 1 aliphatic heterocycles. The van der Waals surface area contributed by atoms with Crippen molar-refractivity contribution < 1.29 is 23.5 Å². The van der Waals surface area contributed by atoms with E-state index < -0.39 is 12.1 Å². The Morgan fingerprint density at radius 1 is 1.40 bits per heavy atom. The third-order valence-corrected chi connectivity index (χ3v) is 2.68. The number of benzene rings is 1. The van der Waals surface area contributed by atoms with Crippen molar-refractivity contribution in [1.29, 1.82) is 0 Å². The van der Waals surface area contributed by atoms with E-state index in [2.05, 4.69) is 10.1 Å². The summed E-state index contributed by atoms with van der Waals surface area (Å²) in [6.07, 6.45) is -0.797. The largest absolute Gasteiger partial charge is 0.485 e. The van der Waals surface area contributed by atoms with Crippen molar-refractivity contribution in [3.63, 3.8) is 0 Å². The summed E-state index contributed by atoms with van der Waals surface area (Å²) in [5.74, 6) is 1.34. The number of para-hydroxylation sites is 2. The summed E-state index contributed by atoms with van der Waals surface area (Å²) in [5, 5.41) is 3.60. The second kappa shape index (κ2) is 5.20. The van der Waals surface area contributed by atoms with Crippen molar-refractivity contribution in [2.24, 2.45) is 0 Å². The van der Waals surface area contributed by atoms with Gasteiger partial charge in [0.15, 0.2) is 23.9 Å². The topological polar surface area (TPSA) is 83.7 Å². The highest BCUT2D eigenvalue weighted by Gasteiger charge is 2.29. The first-order valence-corrected chi connectivity index (χ1v) is 6.06. The molecule has 0 saturated carbocycles. The zero-order valence-corrected chi connectivity index (χ0v) is 10.7. The van der Waals surface area contributed by atoms with Crippen molar-refractivity contribution in [2.75, 3.05) is 6.61 Å². The number of carbonyl (C=O) groups excluding carboxylic acids is 1. The van der Waals surface area contributed by atoms with Gasteiger partial charge in [0.2, 0.25) is 6.10 Å². The van der Waals surface area contributed by atoms with Crippen molar-refractivity contribution in [2.45, 2.75) is 19.6 Å². The molecule has 0 amide bonds. The average Bonchev–Trinajstić information content (AvgIpc) is 2.90. The quantitative estimate of drug-likeness (QED) is 0.780. The minimum Gasteiger partial charge on any atom is -0.485 e. The highest BCUT2D eigenvalue weighted by molar-refractivity contribution is 5.75. The lowest BCUT2D eigenvalue weighted by atomic mass is 10.2. The number of esters is 1. The van der Waals surface area contributed by atoms with Crippen molar-refractivity contribution in [1.82, 2.24) is 10.1 Å². The molecule has 2 aromatic rings. The zero-order chi connectivity index (χ0) is 13.9. The summed E-state index contributed by atoms with van der Waals surface area (Å²) < 4.78 is 20.9. The van der Waals surface area contributed by atoms with Crippen LogP contribution in [0.3, 0.4) is 0 Å². The number of carbonyl (C=O) groups is 1. The number of aromatic nitrogens is 2. The van der Waals surface area contributed by atoms with E-state index in [1.54, 1.807) is 25.1 Å². The lowest BCUT2D eigenvalue weighted by Gasteiger charge is -2.24. The van der Waals surface area contributed by atoms with E-state index >= 15 is 0 Å². The summed E-state index contributed by atoms with van der Waals surface area (Å²) >= 11 is 0. The summed E-state index contributed by atoms with van der Waals surface area (Å²) in [6, 6.07) is 7.14. The van der Waals surface area contributed by atoms with Crippen LogP contribution in [0.4, 0.5) is 0 Å². The Morgan fingerprint density at radius 3 is 2.95 bits per heavy atom. The number of hydrogen-bond donors (Lipinski definition) is 0. The van der Waals surface area contributed by atoms with E-state index in [0.717, 1.165) is 0 Å². The van der Waals surface area contributed by atoms with E-state index in [1.165, 1.54) is 0 Å². The van der Waals surface area contributed by atoms with Crippen LogP contribution < -0.4 is 9.47 Å². The monoisotopic (exact) mass is 276 g/mol. The minimum absolute atomic E-state index is 0.0822. The first-order chi connectivity index (χ1) is 9.72. The third-order valence-electron chi connectivity index (χ3n) is 2.68. The van der Waals surface area contributed by atoms with E-state index in [9.17, 15) is 4.79 Å². The second-order valence-corrected chi connectivity index (χ2v) is 4.21. The van der Waals surface area contributed by atoms with Gasteiger partial charge >= 0.3 is 5.97 Å². The fraction of sp³-hybridized carbons (Fsp3) is 0.308. The normalized spacial score (nSPS) is 16.8. The van der Waals surface area contributed by atoms with Gasteiger partial charge in [-0.05, 0) is 19.1 Å². The molecule has 7 nitrogen and oxygen atoms in total. The molecule has 0 saturated heterocycles. The number of fused-ring (bicyclic) bond motifs is 1. The minimum atomic E-state index is -0.797. The van der Waals surface area contributed by atoms with Crippen LogP contribution in [0.25, 0.3) is 0 Å². The molecule has 104 valence electrons. The van der Waals surface area contributed by atoms with Gasteiger partial charge in [0.25, 0.3) is 5.89 Å². The van der Waals surface area contributed by atoms with E-state index in [0.29, 0.717) is 17.3 Å². The third kappa shape index (κ3) is 2.56. The highest BCUT2D eigenvalue weighted by atomic mass is 16.6. The highest BCUT2D eigenvalue weighted by Crippen LogP contribution is 2.31. The van der Waals surface area contributed by atoms with Gasteiger partial charge in [-0.1, -0.05) is 17.3 Å². The molecule has 1 unspecified atom stereocenters.